The molecule has 0 bridgehead atoms. The van der Waals surface area contributed by atoms with Crippen LogP contribution in [0.5, 0.6) is 0 Å². The second kappa shape index (κ2) is 7.87. The number of amides is 1. The Morgan fingerprint density at radius 2 is 1.68 bits per heavy atom. The molecule has 1 aromatic carbocycles. The van der Waals surface area contributed by atoms with Gasteiger partial charge in [-0.15, -0.1) is 0 Å². The average molecular weight is 409 g/mol. The Balaban J connectivity index is 1.40. The summed E-state index contributed by atoms with van der Waals surface area (Å²) in [5, 5.41) is 2.87. The van der Waals surface area contributed by atoms with Crippen LogP contribution in [0.2, 0.25) is 0 Å². The largest absolute Gasteiger partial charge is 0.346 e. The van der Waals surface area contributed by atoms with Gasteiger partial charge in [0.1, 0.15) is 5.52 Å². The summed E-state index contributed by atoms with van der Waals surface area (Å²) in [6.45, 7) is 0.732. The first-order chi connectivity index (χ1) is 15.2. The minimum Gasteiger partial charge on any atom is -0.346 e. The Kier molecular flexibility index (Phi) is 4.76. The molecule has 0 aliphatic rings. The van der Waals surface area contributed by atoms with Crippen molar-refractivity contribution in [3.63, 3.8) is 0 Å². The van der Waals surface area contributed by atoms with Crippen LogP contribution in [0.25, 0.3) is 16.7 Å². The van der Waals surface area contributed by atoms with Gasteiger partial charge in [0.2, 0.25) is 0 Å². The fourth-order valence-corrected chi connectivity index (χ4v) is 3.65. The van der Waals surface area contributed by atoms with E-state index in [-0.39, 0.29) is 11.5 Å². The van der Waals surface area contributed by atoms with E-state index in [1.165, 1.54) is 0 Å². The normalized spacial score (nSPS) is 11.1. The molecule has 5 rings (SSSR count). The summed E-state index contributed by atoms with van der Waals surface area (Å²) in [6.07, 6.45) is 5.24. The summed E-state index contributed by atoms with van der Waals surface area (Å²) >= 11 is 0. The van der Waals surface area contributed by atoms with Gasteiger partial charge in [-0.2, -0.15) is 0 Å². The van der Waals surface area contributed by atoms with Gasteiger partial charge in [-0.3, -0.25) is 19.1 Å². The van der Waals surface area contributed by atoms with Crippen LogP contribution in [0, 0.1) is 0 Å². The molecule has 5 aromatic rings. The van der Waals surface area contributed by atoms with E-state index in [0.29, 0.717) is 29.8 Å². The summed E-state index contributed by atoms with van der Waals surface area (Å²) in [7, 11) is 0. The predicted octanol–water partition coefficient (Wildman–Crippen LogP) is 3.02. The van der Waals surface area contributed by atoms with Crippen LogP contribution < -0.4 is 10.9 Å². The molecule has 152 valence electrons. The first-order valence-corrected chi connectivity index (χ1v) is 9.92. The third kappa shape index (κ3) is 3.57. The van der Waals surface area contributed by atoms with Gasteiger partial charge in [-0.05, 0) is 54.1 Å². The number of hydrogen-bond acceptors (Lipinski definition) is 4. The lowest BCUT2D eigenvalue weighted by molar-refractivity contribution is 0.0950. The lowest BCUT2D eigenvalue weighted by Gasteiger charge is -2.12. The molecule has 0 spiro atoms. The highest BCUT2D eigenvalue weighted by Gasteiger charge is 2.12. The topological polar surface area (TPSA) is 81.3 Å². The number of nitrogens with zero attached hydrogens (tertiary/aromatic N) is 4. The maximum atomic E-state index is 13.0. The SMILES string of the molecule is O=C(NCc1ccccn1)c1ccc(Cn2c(=O)c3cccn3c3cccnc32)cc1. The van der Waals surface area contributed by atoms with E-state index in [2.05, 4.69) is 15.3 Å². The van der Waals surface area contributed by atoms with Crippen LogP contribution in [0.15, 0.2) is 90.1 Å². The fraction of sp³-hybridized carbons (Fsp3) is 0.0833. The van der Waals surface area contributed by atoms with Crippen molar-refractivity contribution in [3.05, 3.63) is 112 Å². The van der Waals surface area contributed by atoms with Gasteiger partial charge in [-0.1, -0.05) is 18.2 Å². The van der Waals surface area contributed by atoms with Gasteiger partial charge in [0.05, 0.1) is 24.3 Å². The number of carbonyl (C=O) groups is 1. The molecule has 7 heteroatoms. The smallest absolute Gasteiger partial charge is 0.276 e. The first kappa shape index (κ1) is 18.7. The fourth-order valence-electron chi connectivity index (χ4n) is 3.65. The molecular formula is C24H19N5O2. The van der Waals surface area contributed by atoms with Gasteiger partial charge >= 0.3 is 0 Å². The lowest BCUT2D eigenvalue weighted by Crippen LogP contribution is -2.24. The second-order valence-electron chi connectivity index (χ2n) is 7.20. The Morgan fingerprint density at radius 3 is 2.48 bits per heavy atom. The summed E-state index contributed by atoms with van der Waals surface area (Å²) in [5.74, 6) is -0.170. The van der Waals surface area contributed by atoms with E-state index < -0.39 is 0 Å². The Morgan fingerprint density at radius 1 is 0.871 bits per heavy atom. The Hall–Kier alpha value is -4.26. The average Bonchev–Trinajstić information content (AvgIpc) is 3.32. The maximum absolute atomic E-state index is 13.0. The Bertz CT molecular complexity index is 1440. The van der Waals surface area contributed by atoms with E-state index in [1.54, 1.807) is 35.2 Å². The van der Waals surface area contributed by atoms with Crippen LogP contribution in [-0.2, 0) is 13.1 Å². The van der Waals surface area contributed by atoms with E-state index in [4.69, 9.17) is 0 Å². The number of benzene rings is 1. The molecule has 0 aliphatic carbocycles. The Labute approximate surface area is 177 Å². The second-order valence-corrected chi connectivity index (χ2v) is 7.20. The number of pyridine rings is 2. The molecule has 0 aliphatic heterocycles. The molecule has 0 unspecified atom stereocenters. The number of aromatic nitrogens is 4. The van der Waals surface area contributed by atoms with Crippen molar-refractivity contribution in [2.24, 2.45) is 0 Å². The van der Waals surface area contributed by atoms with Crippen molar-refractivity contribution in [1.82, 2.24) is 24.3 Å². The lowest BCUT2D eigenvalue weighted by atomic mass is 10.1. The highest BCUT2D eigenvalue weighted by molar-refractivity contribution is 5.94. The quantitative estimate of drug-likeness (QED) is 0.484. The van der Waals surface area contributed by atoms with E-state index in [0.717, 1.165) is 16.8 Å². The zero-order valence-electron chi connectivity index (χ0n) is 16.6. The minimum absolute atomic E-state index is 0.103. The van der Waals surface area contributed by atoms with Crippen LogP contribution in [-0.4, -0.2) is 24.8 Å². The van der Waals surface area contributed by atoms with E-state index >= 15 is 0 Å². The van der Waals surface area contributed by atoms with Crippen molar-refractivity contribution >= 4 is 22.6 Å². The van der Waals surface area contributed by atoms with Crippen molar-refractivity contribution in [2.45, 2.75) is 13.1 Å². The highest BCUT2D eigenvalue weighted by atomic mass is 16.1. The molecule has 4 aromatic heterocycles. The molecule has 31 heavy (non-hydrogen) atoms. The third-order valence-electron chi connectivity index (χ3n) is 5.21. The zero-order valence-corrected chi connectivity index (χ0v) is 16.6. The number of rotatable bonds is 5. The minimum atomic E-state index is -0.170. The summed E-state index contributed by atoms with van der Waals surface area (Å²) in [6, 6.07) is 20.3. The number of carbonyl (C=O) groups excluding carboxylic acids is 1. The molecule has 1 N–H and O–H groups in total. The van der Waals surface area contributed by atoms with Gasteiger partial charge in [0.25, 0.3) is 11.5 Å². The number of hydrogen-bond donors (Lipinski definition) is 1. The van der Waals surface area contributed by atoms with E-state index in [1.807, 2.05) is 59.1 Å². The van der Waals surface area contributed by atoms with Crippen molar-refractivity contribution in [1.29, 1.82) is 0 Å². The molecule has 0 fully saturated rings. The number of nitrogens with one attached hydrogen (secondary N) is 1. The monoisotopic (exact) mass is 409 g/mol. The molecule has 0 saturated heterocycles. The van der Waals surface area contributed by atoms with Gasteiger partial charge in [0.15, 0.2) is 5.65 Å². The maximum Gasteiger partial charge on any atom is 0.276 e. The van der Waals surface area contributed by atoms with Crippen molar-refractivity contribution < 1.29 is 4.79 Å². The molecule has 0 atom stereocenters. The van der Waals surface area contributed by atoms with Gasteiger partial charge in [-0.25, -0.2) is 4.98 Å². The zero-order chi connectivity index (χ0) is 21.2. The van der Waals surface area contributed by atoms with Crippen LogP contribution in [0.1, 0.15) is 21.6 Å². The first-order valence-electron chi connectivity index (χ1n) is 9.92. The summed E-state index contributed by atoms with van der Waals surface area (Å²) in [5.41, 5.74) is 4.25. The van der Waals surface area contributed by atoms with Crippen molar-refractivity contribution in [2.75, 3.05) is 0 Å². The molecule has 7 nitrogen and oxygen atoms in total. The van der Waals surface area contributed by atoms with E-state index in [9.17, 15) is 9.59 Å². The molecule has 4 heterocycles. The van der Waals surface area contributed by atoms with Gasteiger partial charge in [0, 0.05) is 24.2 Å². The van der Waals surface area contributed by atoms with Crippen LogP contribution in [0.3, 0.4) is 0 Å². The van der Waals surface area contributed by atoms with Crippen molar-refractivity contribution in [3.8, 4) is 0 Å². The molecule has 0 saturated carbocycles. The predicted molar refractivity (Wildman–Crippen MR) is 118 cm³/mol. The third-order valence-corrected chi connectivity index (χ3v) is 5.21. The molecule has 0 radical (unpaired) electrons. The summed E-state index contributed by atoms with van der Waals surface area (Å²) in [4.78, 5) is 34.1. The highest BCUT2D eigenvalue weighted by Crippen LogP contribution is 2.15. The summed E-state index contributed by atoms with van der Waals surface area (Å²) < 4.78 is 3.52. The van der Waals surface area contributed by atoms with Gasteiger partial charge < -0.3 is 9.72 Å². The standard InChI is InChI=1S/C24H19N5O2/c30-23(27-15-19-5-1-2-12-25-19)18-10-8-17(9-11-18)16-29-22-20(6-3-13-26-22)28-14-4-7-21(28)24(29)31/h1-14H,15-16H2,(H,27,30). The van der Waals surface area contributed by atoms with Crippen LogP contribution in [0.4, 0.5) is 0 Å². The molecule has 1 amide bonds. The number of fused-ring (bicyclic) bond motifs is 3. The molecular weight excluding hydrogens is 390 g/mol. The van der Waals surface area contributed by atoms with Crippen LogP contribution >= 0.6 is 0 Å².